The predicted molar refractivity (Wildman–Crippen MR) is 64.8 cm³/mol. The summed E-state index contributed by atoms with van der Waals surface area (Å²) in [6.07, 6.45) is 0. The van der Waals surface area contributed by atoms with E-state index in [1.165, 1.54) is 6.07 Å². The molecule has 0 spiro atoms. The van der Waals surface area contributed by atoms with E-state index in [1.807, 2.05) is 13.8 Å². The van der Waals surface area contributed by atoms with E-state index in [4.69, 9.17) is 0 Å². The first kappa shape index (κ1) is 14.2. The Hall–Kier alpha value is -1.85. The molecule has 1 rings (SSSR count). The van der Waals surface area contributed by atoms with Crippen molar-refractivity contribution < 1.29 is 18.3 Å². The van der Waals surface area contributed by atoms with E-state index in [9.17, 15) is 13.6 Å². The van der Waals surface area contributed by atoms with Gasteiger partial charge in [0.25, 0.3) is 0 Å². The van der Waals surface area contributed by atoms with Gasteiger partial charge in [0.1, 0.15) is 5.75 Å². The highest BCUT2D eigenvalue weighted by Crippen LogP contribution is 2.24. The number of hydrogen-bond donors (Lipinski definition) is 2. The van der Waals surface area contributed by atoms with Crippen molar-refractivity contribution in [2.45, 2.75) is 26.5 Å². The molecule has 0 unspecified atom stereocenters. The van der Waals surface area contributed by atoms with Crippen LogP contribution in [0.3, 0.4) is 0 Å². The van der Waals surface area contributed by atoms with Crippen LogP contribution >= 0.6 is 0 Å². The largest absolute Gasteiger partial charge is 0.433 e. The molecule has 0 aromatic heterocycles. The highest BCUT2D eigenvalue weighted by atomic mass is 19.3. The summed E-state index contributed by atoms with van der Waals surface area (Å²) < 4.78 is 28.6. The first-order chi connectivity index (χ1) is 8.49. The Morgan fingerprint density at radius 3 is 2.61 bits per heavy atom. The van der Waals surface area contributed by atoms with Gasteiger partial charge >= 0.3 is 6.61 Å². The van der Waals surface area contributed by atoms with Crippen molar-refractivity contribution in [3.63, 3.8) is 0 Å². The van der Waals surface area contributed by atoms with Crippen LogP contribution in [0.5, 0.6) is 5.75 Å². The van der Waals surface area contributed by atoms with Crippen molar-refractivity contribution in [2.75, 3.05) is 11.9 Å². The summed E-state index contributed by atoms with van der Waals surface area (Å²) in [5.41, 5.74) is 0.358. The van der Waals surface area contributed by atoms with Gasteiger partial charge < -0.3 is 15.4 Å². The van der Waals surface area contributed by atoms with Gasteiger partial charge in [0.2, 0.25) is 5.91 Å². The molecule has 1 aromatic rings. The van der Waals surface area contributed by atoms with E-state index in [2.05, 4.69) is 15.4 Å². The number of para-hydroxylation sites is 2. The fraction of sp³-hybridized carbons (Fsp3) is 0.417. The van der Waals surface area contributed by atoms with E-state index in [0.717, 1.165) is 0 Å². The Kier molecular flexibility index (Phi) is 5.35. The molecule has 0 atom stereocenters. The van der Waals surface area contributed by atoms with Crippen molar-refractivity contribution in [3.05, 3.63) is 24.3 Å². The van der Waals surface area contributed by atoms with Crippen LogP contribution in [-0.4, -0.2) is 25.1 Å². The third kappa shape index (κ3) is 4.99. The van der Waals surface area contributed by atoms with E-state index in [1.54, 1.807) is 18.2 Å². The lowest BCUT2D eigenvalue weighted by atomic mass is 10.3. The maximum absolute atomic E-state index is 12.1. The third-order valence-corrected chi connectivity index (χ3v) is 1.99. The number of alkyl halides is 2. The number of benzene rings is 1. The van der Waals surface area contributed by atoms with Gasteiger partial charge in [-0.1, -0.05) is 12.1 Å². The molecule has 100 valence electrons. The molecule has 0 heterocycles. The number of amides is 1. The number of carbonyl (C=O) groups is 1. The predicted octanol–water partition coefficient (Wildman–Crippen LogP) is 2.22. The molecule has 0 saturated heterocycles. The topological polar surface area (TPSA) is 50.4 Å². The first-order valence-corrected chi connectivity index (χ1v) is 5.56. The molecule has 0 bridgehead atoms. The molecule has 4 nitrogen and oxygen atoms in total. The molecule has 0 fully saturated rings. The van der Waals surface area contributed by atoms with Gasteiger partial charge in [-0.05, 0) is 26.0 Å². The van der Waals surface area contributed by atoms with Crippen LogP contribution in [0.4, 0.5) is 14.5 Å². The number of rotatable bonds is 6. The van der Waals surface area contributed by atoms with E-state index in [-0.39, 0.29) is 24.2 Å². The minimum Gasteiger partial charge on any atom is -0.433 e. The van der Waals surface area contributed by atoms with Crippen LogP contribution in [-0.2, 0) is 4.79 Å². The van der Waals surface area contributed by atoms with E-state index in [0.29, 0.717) is 5.69 Å². The Bertz CT molecular complexity index is 397. The van der Waals surface area contributed by atoms with Gasteiger partial charge in [-0.15, -0.1) is 0 Å². The molecule has 0 saturated carbocycles. The van der Waals surface area contributed by atoms with Gasteiger partial charge in [0, 0.05) is 6.04 Å². The van der Waals surface area contributed by atoms with Crippen LogP contribution in [0.1, 0.15) is 13.8 Å². The zero-order chi connectivity index (χ0) is 13.5. The molecule has 2 N–H and O–H groups in total. The van der Waals surface area contributed by atoms with Crippen LogP contribution < -0.4 is 15.4 Å². The van der Waals surface area contributed by atoms with Gasteiger partial charge in [-0.2, -0.15) is 8.78 Å². The minimum absolute atomic E-state index is 0.00178. The highest BCUT2D eigenvalue weighted by Gasteiger charge is 2.10. The van der Waals surface area contributed by atoms with E-state index < -0.39 is 6.61 Å². The zero-order valence-corrected chi connectivity index (χ0v) is 10.2. The molecule has 0 radical (unpaired) electrons. The maximum Gasteiger partial charge on any atom is 0.387 e. The average molecular weight is 258 g/mol. The number of nitrogens with one attached hydrogen (secondary N) is 2. The van der Waals surface area contributed by atoms with Gasteiger partial charge in [0.15, 0.2) is 0 Å². The lowest BCUT2D eigenvalue weighted by Gasteiger charge is -2.13. The quantitative estimate of drug-likeness (QED) is 0.822. The molecule has 0 aliphatic carbocycles. The molecule has 18 heavy (non-hydrogen) atoms. The third-order valence-electron chi connectivity index (χ3n) is 1.99. The summed E-state index contributed by atoms with van der Waals surface area (Å²) in [5, 5.41) is 5.44. The van der Waals surface area contributed by atoms with Crippen LogP contribution in [0, 0.1) is 0 Å². The summed E-state index contributed by atoms with van der Waals surface area (Å²) in [5.74, 6) is -0.193. The summed E-state index contributed by atoms with van der Waals surface area (Å²) in [6, 6.07) is 6.26. The first-order valence-electron chi connectivity index (χ1n) is 5.56. The molecular formula is C12H16F2N2O2. The Balaban J connectivity index is 2.58. The second-order valence-electron chi connectivity index (χ2n) is 3.95. The Morgan fingerprint density at radius 2 is 2.00 bits per heavy atom. The molecule has 1 amide bonds. The summed E-state index contributed by atoms with van der Waals surface area (Å²) in [6.45, 7) is 0.789. The molecular weight excluding hydrogens is 242 g/mol. The Labute approximate surface area is 104 Å². The maximum atomic E-state index is 12.1. The highest BCUT2D eigenvalue weighted by molar-refractivity contribution is 5.81. The van der Waals surface area contributed by atoms with Crippen molar-refractivity contribution in [3.8, 4) is 5.75 Å². The summed E-state index contributed by atoms with van der Waals surface area (Å²) in [7, 11) is 0. The van der Waals surface area contributed by atoms with Crippen LogP contribution in [0.2, 0.25) is 0 Å². The number of carbonyl (C=O) groups excluding carboxylic acids is 1. The van der Waals surface area contributed by atoms with Crippen molar-refractivity contribution in [1.29, 1.82) is 0 Å². The van der Waals surface area contributed by atoms with Crippen molar-refractivity contribution in [1.82, 2.24) is 5.32 Å². The van der Waals surface area contributed by atoms with Crippen molar-refractivity contribution >= 4 is 11.6 Å². The minimum atomic E-state index is -2.89. The molecule has 6 heteroatoms. The van der Waals surface area contributed by atoms with Crippen molar-refractivity contribution in [2.24, 2.45) is 0 Å². The number of hydrogen-bond acceptors (Lipinski definition) is 3. The smallest absolute Gasteiger partial charge is 0.387 e. The number of anilines is 1. The monoisotopic (exact) mass is 258 g/mol. The number of ether oxygens (including phenoxy) is 1. The SMILES string of the molecule is CC(C)NC(=O)CNc1ccccc1OC(F)F. The fourth-order valence-corrected chi connectivity index (χ4v) is 1.36. The van der Waals surface area contributed by atoms with Gasteiger partial charge in [-0.25, -0.2) is 0 Å². The number of halogens is 2. The molecule has 0 aliphatic rings. The second-order valence-corrected chi connectivity index (χ2v) is 3.95. The fourth-order valence-electron chi connectivity index (χ4n) is 1.36. The summed E-state index contributed by atoms with van der Waals surface area (Å²) in [4.78, 5) is 11.4. The molecule has 0 aliphatic heterocycles. The lowest BCUT2D eigenvalue weighted by molar-refractivity contribution is -0.119. The lowest BCUT2D eigenvalue weighted by Crippen LogP contribution is -2.34. The average Bonchev–Trinajstić information content (AvgIpc) is 2.26. The Morgan fingerprint density at radius 1 is 1.33 bits per heavy atom. The molecule has 1 aromatic carbocycles. The van der Waals surface area contributed by atoms with Gasteiger partial charge in [0.05, 0.1) is 12.2 Å². The van der Waals surface area contributed by atoms with Crippen LogP contribution in [0.15, 0.2) is 24.3 Å². The second kappa shape index (κ2) is 6.78. The van der Waals surface area contributed by atoms with E-state index >= 15 is 0 Å². The van der Waals surface area contributed by atoms with Crippen LogP contribution in [0.25, 0.3) is 0 Å². The standard InChI is InChI=1S/C12H16F2N2O2/c1-8(2)16-11(17)7-15-9-5-3-4-6-10(9)18-12(13)14/h3-6,8,12,15H,7H2,1-2H3,(H,16,17). The van der Waals surface area contributed by atoms with Gasteiger partial charge in [-0.3, -0.25) is 4.79 Å². The normalized spacial score (nSPS) is 10.6. The zero-order valence-electron chi connectivity index (χ0n) is 10.2. The summed E-state index contributed by atoms with van der Waals surface area (Å²) >= 11 is 0.